The fourth-order valence-electron chi connectivity index (χ4n) is 1.61. The molecule has 2 aromatic rings. The van der Waals surface area contributed by atoms with Crippen LogP contribution in [0.4, 0.5) is 0 Å². The van der Waals surface area contributed by atoms with Crippen LogP contribution < -0.4 is 10.2 Å². The predicted octanol–water partition coefficient (Wildman–Crippen LogP) is 1.42. The van der Waals surface area contributed by atoms with Gasteiger partial charge >= 0.3 is 0 Å². The van der Waals surface area contributed by atoms with Crippen molar-refractivity contribution in [3.05, 3.63) is 51.9 Å². The summed E-state index contributed by atoms with van der Waals surface area (Å²) < 4.78 is 6.62. The molecule has 0 unspecified atom stereocenters. The maximum absolute atomic E-state index is 11.4. The predicted molar refractivity (Wildman–Crippen MR) is 65.8 cm³/mol. The second-order valence-electron chi connectivity index (χ2n) is 3.72. The van der Waals surface area contributed by atoms with E-state index in [0.29, 0.717) is 5.69 Å². The topological polar surface area (TPSA) is 67.9 Å². The van der Waals surface area contributed by atoms with Gasteiger partial charge in [-0.25, -0.2) is 4.68 Å². The molecule has 5 heteroatoms. The highest BCUT2D eigenvalue weighted by Gasteiger charge is 2.06. The van der Waals surface area contributed by atoms with Crippen molar-refractivity contribution in [3.8, 4) is 17.5 Å². The molecular formula is C13H11N3O2. The van der Waals surface area contributed by atoms with Gasteiger partial charge in [-0.15, -0.1) is 0 Å². The zero-order valence-electron chi connectivity index (χ0n) is 10.0. The molecule has 90 valence electrons. The Balaban J connectivity index is 2.56. The summed E-state index contributed by atoms with van der Waals surface area (Å²) in [6, 6.07) is 10.4. The van der Waals surface area contributed by atoms with Crippen molar-refractivity contribution in [2.45, 2.75) is 6.92 Å². The Morgan fingerprint density at radius 1 is 1.33 bits per heavy atom. The number of ether oxygens (including phenoxy) is 1. The Kier molecular flexibility index (Phi) is 3.11. The van der Waals surface area contributed by atoms with E-state index >= 15 is 0 Å². The minimum atomic E-state index is -0.361. The highest BCUT2D eigenvalue weighted by molar-refractivity contribution is 5.38. The van der Waals surface area contributed by atoms with E-state index in [2.05, 4.69) is 5.10 Å². The number of hydrogen-bond acceptors (Lipinski definition) is 4. The van der Waals surface area contributed by atoms with Crippen molar-refractivity contribution in [2.75, 3.05) is 7.11 Å². The summed E-state index contributed by atoms with van der Waals surface area (Å²) in [6.07, 6.45) is 0. The van der Waals surface area contributed by atoms with Crippen LogP contribution in [0.25, 0.3) is 5.69 Å². The van der Waals surface area contributed by atoms with Gasteiger partial charge in [-0.2, -0.15) is 10.4 Å². The lowest BCUT2D eigenvalue weighted by atomic mass is 10.2. The minimum absolute atomic E-state index is 0.114. The van der Waals surface area contributed by atoms with Gasteiger partial charge in [0, 0.05) is 11.8 Å². The largest absolute Gasteiger partial charge is 0.497 e. The first-order valence-electron chi connectivity index (χ1n) is 5.31. The fraction of sp³-hybridized carbons (Fsp3) is 0.154. The summed E-state index contributed by atoms with van der Waals surface area (Å²) in [4.78, 5) is 11.4. The summed E-state index contributed by atoms with van der Waals surface area (Å²) in [5, 5.41) is 12.8. The van der Waals surface area contributed by atoms with Crippen molar-refractivity contribution >= 4 is 0 Å². The molecule has 18 heavy (non-hydrogen) atoms. The average molecular weight is 241 g/mol. The van der Waals surface area contributed by atoms with Gasteiger partial charge in [0.25, 0.3) is 0 Å². The number of aryl methyl sites for hydroxylation is 1. The van der Waals surface area contributed by atoms with Crippen molar-refractivity contribution in [3.63, 3.8) is 0 Å². The number of rotatable bonds is 2. The second kappa shape index (κ2) is 4.72. The van der Waals surface area contributed by atoms with Crippen LogP contribution in [0, 0.1) is 18.3 Å². The number of aromatic nitrogens is 2. The first kappa shape index (κ1) is 11.9. The van der Waals surface area contributed by atoms with Crippen molar-refractivity contribution in [2.24, 2.45) is 0 Å². The Bertz CT molecular complexity index is 666. The van der Waals surface area contributed by atoms with Crippen LogP contribution in [0.5, 0.6) is 5.75 Å². The summed E-state index contributed by atoms with van der Waals surface area (Å²) in [7, 11) is 1.59. The molecule has 0 N–H and O–H groups in total. The fourth-order valence-corrected chi connectivity index (χ4v) is 1.61. The van der Waals surface area contributed by atoms with Crippen LogP contribution in [-0.2, 0) is 0 Å². The van der Waals surface area contributed by atoms with Crippen LogP contribution in [-0.4, -0.2) is 16.9 Å². The number of methoxy groups -OCH3 is 1. The molecule has 0 atom stereocenters. The van der Waals surface area contributed by atoms with Gasteiger partial charge in [0.15, 0.2) is 0 Å². The zero-order valence-corrected chi connectivity index (χ0v) is 10.0. The maximum atomic E-state index is 11.4. The van der Waals surface area contributed by atoms with E-state index in [4.69, 9.17) is 10.00 Å². The smallest absolute Gasteiger partial charge is 0.218 e. The monoisotopic (exact) mass is 241 g/mol. The van der Waals surface area contributed by atoms with Gasteiger partial charge in [-0.3, -0.25) is 4.79 Å². The summed E-state index contributed by atoms with van der Waals surface area (Å²) in [5.74, 6) is 0.734. The number of nitriles is 1. The SMILES string of the molecule is COc1ccc(-n2nc(C#N)c(=O)cc2C)cc1. The molecule has 0 spiro atoms. The third-order valence-electron chi connectivity index (χ3n) is 2.53. The Labute approximate surface area is 104 Å². The summed E-state index contributed by atoms with van der Waals surface area (Å²) in [5.41, 5.74) is 0.963. The second-order valence-corrected chi connectivity index (χ2v) is 3.72. The molecule has 1 aromatic carbocycles. The van der Waals surface area contributed by atoms with Crippen LogP contribution in [0.3, 0.4) is 0 Å². The quantitative estimate of drug-likeness (QED) is 0.797. The van der Waals surface area contributed by atoms with E-state index in [0.717, 1.165) is 11.4 Å². The van der Waals surface area contributed by atoms with E-state index in [9.17, 15) is 4.79 Å². The molecule has 1 aromatic heterocycles. The molecule has 0 aliphatic rings. The Morgan fingerprint density at radius 3 is 2.56 bits per heavy atom. The van der Waals surface area contributed by atoms with Gasteiger partial charge in [-0.05, 0) is 31.2 Å². The third kappa shape index (κ3) is 2.09. The molecule has 0 saturated heterocycles. The first-order valence-corrected chi connectivity index (χ1v) is 5.31. The molecule has 0 amide bonds. The maximum Gasteiger partial charge on any atom is 0.218 e. The van der Waals surface area contributed by atoms with Crippen molar-refractivity contribution < 1.29 is 4.74 Å². The number of benzene rings is 1. The van der Waals surface area contributed by atoms with Crippen LogP contribution >= 0.6 is 0 Å². The molecule has 0 bridgehead atoms. The molecule has 1 heterocycles. The Hall–Kier alpha value is -2.61. The van der Waals surface area contributed by atoms with Crippen LogP contribution in [0.15, 0.2) is 35.1 Å². The molecule has 0 radical (unpaired) electrons. The lowest BCUT2D eigenvalue weighted by molar-refractivity contribution is 0.414. The van der Waals surface area contributed by atoms with Crippen molar-refractivity contribution in [1.29, 1.82) is 5.26 Å². The molecule has 0 saturated carbocycles. The average Bonchev–Trinajstić information content (AvgIpc) is 2.39. The van der Waals surface area contributed by atoms with Gasteiger partial charge in [0.1, 0.15) is 11.8 Å². The van der Waals surface area contributed by atoms with Crippen LogP contribution in [0.1, 0.15) is 11.4 Å². The third-order valence-corrected chi connectivity index (χ3v) is 2.53. The molecular weight excluding hydrogens is 230 g/mol. The van der Waals surface area contributed by atoms with Gasteiger partial charge in [0.05, 0.1) is 12.8 Å². The van der Waals surface area contributed by atoms with Crippen LogP contribution in [0.2, 0.25) is 0 Å². The highest BCUT2D eigenvalue weighted by Crippen LogP contribution is 2.14. The normalized spacial score (nSPS) is 9.83. The van der Waals surface area contributed by atoms with E-state index in [-0.39, 0.29) is 11.1 Å². The first-order chi connectivity index (χ1) is 8.65. The van der Waals surface area contributed by atoms with Gasteiger partial charge in [-0.1, -0.05) is 0 Å². The Morgan fingerprint density at radius 2 is 2.00 bits per heavy atom. The summed E-state index contributed by atoms with van der Waals surface area (Å²) >= 11 is 0. The zero-order chi connectivity index (χ0) is 13.1. The molecule has 5 nitrogen and oxygen atoms in total. The van der Waals surface area contributed by atoms with Crippen molar-refractivity contribution in [1.82, 2.24) is 9.78 Å². The molecule has 0 fully saturated rings. The van der Waals surface area contributed by atoms with E-state index in [1.54, 1.807) is 36.9 Å². The minimum Gasteiger partial charge on any atom is -0.497 e. The summed E-state index contributed by atoms with van der Waals surface area (Å²) in [6.45, 7) is 1.76. The number of hydrogen-bond donors (Lipinski definition) is 0. The molecule has 2 rings (SSSR count). The van der Waals surface area contributed by atoms with Gasteiger partial charge in [0.2, 0.25) is 11.1 Å². The standard InChI is InChI=1S/C13H11N3O2/c1-9-7-13(17)12(8-14)15-16(9)10-3-5-11(18-2)6-4-10/h3-7H,1-2H3. The molecule has 0 aliphatic carbocycles. The van der Waals surface area contributed by atoms with E-state index < -0.39 is 0 Å². The number of nitrogens with zero attached hydrogens (tertiary/aromatic N) is 3. The van der Waals surface area contributed by atoms with E-state index in [1.807, 2.05) is 12.1 Å². The highest BCUT2D eigenvalue weighted by atomic mass is 16.5. The lowest BCUT2D eigenvalue weighted by Crippen LogP contribution is -2.16. The lowest BCUT2D eigenvalue weighted by Gasteiger charge is -2.09. The van der Waals surface area contributed by atoms with E-state index in [1.165, 1.54) is 6.07 Å². The molecule has 0 aliphatic heterocycles. The van der Waals surface area contributed by atoms with Gasteiger partial charge < -0.3 is 4.74 Å².